The number of esters is 1. The zero-order valence-electron chi connectivity index (χ0n) is 12.7. The van der Waals surface area contributed by atoms with Gasteiger partial charge >= 0.3 is 22.0 Å². The van der Waals surface area contributed by atoms with Crippen molar-refractivity contribution in [1.29, 1.82) is 0 Å². The van der Waals surface area contributed by atoms with Crippen molar-refractivity contribution in [3.8, 4) is 5.75 Å². The van der Waals surface area contributed by atoms with Crippen LogP contribution in [0, 0.1) is 0 Å². The first-order valence-electron chi connectivity index (χ1n) is 6.80. The molecule has 0 spiro atoms. The molecule has 0 heterocycles. The molecule has 23 heavy (non-hydrogen) atoms. The normalized spacial score (nSPS) is 12.8. The van der Waals surface area contributed by atoms with Crippen LogP contribution >= 0.6 is 0 Å². The molecular formula is C14H17F2NO5S. The number of hydrogen-bond donors (Lipinski definition) is 0. The second-order valence-electron chi connectivity index (χ2n) is 4.64. The van der Waals surface area contributed by atoms with Crippen molar-refractivity contribution in [2.45, 2.75) is 32.6 Å². The van der Waals surface area contributed by atoms with Crippen molar-refractivity contribution in [2.24, 2.45) is 5.16 Å². The van der Waals surface area contributed by atoms with Gasteiger partial charge in [-0.05, 0) is 25.5 Å². The predicted molar refractivity (Wildman–Crippen MR) is 79.9 cm³/mol. The van der Waals surface area contributed by atoms with E-state index in [1.54, 1.807) is 13.0 Å². The maximum Gasteiger partial charge on any atom is 0.388 e. The summed E-state index contributed by atoms with van der Waals surface area (Å²) in [5.74, 6) is -6.41. The fraction of sp³-hybridized carbons (Fsp3) is 0.429. The van der Waals surface area contributed by atoms with Gasteiger partial charge in [0.25, 0.3) is 0 Å². The van der Waals surface area contributed by atoms with E-state index >= 15 is 0 Å². The van der Waals surface area contributed by atoms with E-state index in [0.29, 0.717) is 12.8 Å². The van der Waals surface area contributed by atoms with Crippen LogP contribution < -0.4 is 4.74 Å². The Bertz CT molecular complexity index is 659. The summed E-state index contributed by atoms with van der Waals surface area (Å²) in [7, 11) is -4.06. The maximum absolute atomic E-state index is 13.8. The standard InChI is InChI=1S/C14H17F2NO5S/c1-3-4-10-23(19,20)22-17-11(2)14(15,16)13(18)21-12-8-6-5-7-9-12/h5-9H,3-4,10H2,1-2H3. The molecule has 1 rings (SSSR count). The summed E-state index contributed by atoms with van der Waals surface area (Å²) in [4.78, 5) is 11.5. The first-order valence-corrected chi connectivity index (χ1v) is 8.38. The molecule has 1 aromatic rings. The van der Waals surface area contributed by atoms with E-state index in [1.165, 1.54) is 24.3 Å². The largest absolute Gasteiger partial charge is 0.422 e. The van der Waals surface area contributed by atoms with Crippen LogP contribution in [0.2, 0.25) is 0 Å². The number of carbonyl (C=O) groups excluding carboxylic acids is 1. The lowest BCUT2D eigenvalue weighted by Gasteiger charge is -2.14. The van der Waals surface area contributed by atoms with Crippen LogP contribution in [-0.2, 0) is 19.2 Å². The van der Waals surface area contributed by atoms with Crippen LogP contribution in [0.15, 0.2) is 35.5 Å². The number of rotatable bonds is 8. The lowest BCUT2D eigenvalue weighted by molar-refractivity contribution is -0.152. The van der Waals surface area contributed by atoms with Gasteiger partial charge in [-0.2, -0.15) is 17.2 Å². The summed E-state index contributed by atoms with van der Waals surface area (Å²) in [5, 5.41) is 2.86. The van der Waals surface area contributed by atoms with E-state index in [0.717, 1.165) is 6.92 Å². The zero-order chi connectivity index (χ0) is 17.5. The molecule has 9 heteroatoms. The van der Waals surface area contributed by atoms with Crippen molar-refractivity contribution in [2.75, 3.05) is 5.75 Å². The van der Waals surface area contributed by atoms with E-state index < -0.39 is 27.7 Å². The first kappa shape index (κ1) is 19.0. The number of unbranched alkanes of at least 4 members (excludes halogenated alkanes) is 1. The van der Waals surface area contributed by atoms with Gasteiger partial charge in [-0.15, -0.1) is 0 Å². The van der Waals surface area contributed by atoms with Crippen LogP contribution in [0.4, 0.5) is 8.78 Å². The lowest BCUT2D eigenvalue weighted by Crippen LogP contribution is -2.40. The topological polar surface area (TPSA) is 82.0 Å². The van der Waals surface area contributed by atoms with Gasteiger partial charge in [0.2, 0.25) is 0 Å². The molecule has 0 fully saturated rings. The maximum atomic E-state index is 13.8. The molecule has 128 valence electrons. The first-order chi connectivity index (χ1) is 10.7. The number of alkyl halides is 2. The molecule has 0 radical (unpaired) electrons. The van der Waals surface area contributed by atoms with Crippen molar-refractivity contribution in [3.05, 3.63) is 30.3 Å². The SMILES string of the molecule is CCCCS(=O)(=O)ON=C(C)C(F)(F)C(=O)Oc1ccccc1. The number of ether oxygens (including phenoxy) is 1. The molecule has 0 saturated carbocycles. The number of benzene rings is 1. The highest BCUT2D eigenvalue weighted by Crippen LogP contribution is 2.21. The summed E-state index contributed by atoms with van der Waals surface area (Å²) in [5.41, 5.74) is -1.11. The molecule has 0 aliphatic rings. The van der Waals surface area contributed by atoms with E-state index in [-0.39, 0.29) is 11.5 Å². The Hall–Kier alpha value is -2.03. The average Bonchev–Trinajstić information content (AvgIpc) is 2.51. The minimum absolute atomic E-state index is 0.0681. The van der Waals surface area contributed by atoms with Crippen molar-refractivity contribution >= 4 is 21.8 Å². The summed E-state index contributed by atoms with van der Waals surface area (Å²) in [6, 6.07) is 7.28. The highest BCUT2D eigenvalue weighted by atomic mass is 32.2. The summed E-state index contributed by atoms with van der Waals surface area (Å²) >= 11 is 0. The smallest absolute Gasteiger partial charge is 0.388 e. The second kappa shape index (κ2) is 8.00. The highest BCUT2D eigenvalue weighted by Gasteiger charge is 2.45. The van der Waals surface area contributed by atoms with E-state index in [9.17, 15) is 22.0 Å². The van der Waals surface area contributed by atoms with Crippen LogP contribution in [-0.4, -0.2) is 31.8 Å². The minimum atomic E-state index is -4.11. The molecule has 0 aliphatic heterocycles. The van der Waals surface area contributed by atoms with E-state index in [1.807, 2.05) is 0 Å². The van der Waals surface area contributed by atoms with Crippen LogP contribution in [0.1, 0.15) is 26.7 Å². The monoisotopic (exact) mass is 349 g/mol. The molecule has 0 atom stereocenters. The molecule has 0 amide bonds. The van der Waals surface area contributed by atoms with Crippen LogP contribution in [0.3, 0.4) is 0 Å². The molecule has 0 aliphatic carbocycles. The predicted octanol–water partition coefficient (Wildman–Crippen LogP) is 2.75. The van der Waals surface area contributed by atoms with Gasteiger partial charge < -0.3 is 4.74 Å². The Morgan fingerprint density at radius 1 is 1.26 bits per heavy atom. The van der Waals surface area contributed by atoms with Crippen molar-refractivity contribution in [1.82, 2.24) is 0 Å². The van der Waals surface area contributed by atoms with Crippen molar-refractivity contribution < 1.29 is 31.0 Å². The van der Waals surface area contributed by atoms with Gasteiger partial charge in [-0.3, -0.25) is 4.28 Å². The third kappa shape index (κ3) is 5.93. The molecule has 0 aromatic heterocycles. The van der Waals surface area contributed by atoms with Crippen molar-refractivity contribution in [3.63, 3.8) is 0 Å². The molecule has 0 saturated heterocycles. The highest BCUT2D eigenvalue weighted by molar-refractivity contribution is 7.86. The minimum Gasteiger partial charge on any atom is -0.422 e. The fourth-order valence-electron chi connectivity index (χ4n) is 1.34. The number of nitrogens with zero attached hydrogens (tertiary/aromatic N) is 1. The fourth-order valence-corrected chi connectivity index (χ4v) is 2.28. The zero-order valence-corrected chi connectivity index (χ0v) is 13.5. The van der Waals surface area contributed by atoms with Gasteiger partial charge in [0.1, 0.15) is 11.5 Å². The third-order valence-corrected chi connectivity index (χ3v) is 3.79. The Labute approximate surface area is 133 Å². The average molecular weight is 349 g/mol. The Morgan fingerprint density at radius 2 is 1.87 bits per heavy atom. The van der Waals surface area contributed by atoms with Crippen LogP contribution in [0.25, 0.3) is 0 Å². The Kier molecular flexibility index (Phi) is 6.62. The summed E-state index contributed by atoms with van der Waals surface area (Å²) < 4.78 is 59.1. The molecule has 1 aromatic carbocycles. The number of halogens is 2. The summed E-state index contributed by atoms with van der Waals surface area (Å²) in [6.07, 6.45) is 0.897. The van der Waals surface area contributed by atoms with Gasteiger partial charge in [-0.25, -0.2) is 4.79 Å². The summed E-state index contributed by atoms with van der Waals surface area (Å²) in [6.45, 7) is 2.54. The van der Waals surface area contributed by atoms with E-state index in [4.69, 9.17) is 0 Å². The molecular weight excluding hydrogens is 332 g/mol. The lowest BCUT2D eigenvalue weighted by atomic mass is 10.2. The number of carbonyl (C=O) groups is 1. The Morgan fingerprint density at radius 3 is 2.43 bits per heavy atom. The van der Waals surface area contributed by atoms with Gasteiger partial charge in [0.05, 0.1) is 5.75 Å². The third-order valence-electron chi connectivity index (χ3n) is 2.70. The molecule has 0 N–H and O–H groups in total. The quantitative estimate of drug-likeness (QED) is 0.312. The molecule has 0 unspecified atom stereocenters. The number of para-hydroxylation sites is 1. The Balaban J connectivity index is 2.77. The second-order valence-corrected chi connectivity index (χ2v) is 6.32. The van der Waals surface area contributed by atoms with Crippen LogP contribution in [0.5, 0.6) is 5.75 Å². The molecule has 0 bridgehead atoms. The van der Waals surface area contributed by atoms with E-state index in [2.05, 4.69) is 14.2 Å². The van der Waals surface area contributed by atoms with Gasteiger partial charge in [0.15, 0.2) is 0 Å². The molecule has 6 nitrogen and oxygen atoms in total. The van der Waals surface area contributed by atoms with Gasteiger partial charge in [0, 0.05) is 0 Å². The number of oxime groups is 1. The number of hydrogen-bond acceptors (Lipinski definition) is 6. The van der Waals surface area contributed by atoms with Gasteiger partial charge in [-0.1, -0.05) is 36.7 Å².